The van der Waals surface area contributed by atoms with Crippen LogP contribution >= 0.6 is 0 Å². The number of methoxy groups -OCH3 is 1. The molecule has 6 nitrogen and oxygen atoms in total. The van der Waals surface area contributed by atoms with Crippen molar-refractivity contribution in [1.29, 1.82) is 0 Å². The predicted octanol–water partition coefficient (Wildman–Crippen LogP) is 3.52. The molecule has 26 heavy (non-hydrogen) atoms. The number of rotatable bonds is 6. The summed E-state index contributed by atoms with van der Waals surface area (Å²) in [6.07, 6.45) is 3.90. The summed E-state index contributed by atoms with van der Waals surface area (Å²) in [5.41, 5.74) is 1.62. The van der Waals surface area contributed by atoms with E-state index in [0.717, 1.165) is 5.56 Å². The van der Waals surface area contributed by atoms with E-state index in [4.69, 9.17) is 18.9 Å². The average molecular weight is 355 g/mol. The van der Waals surface area contributed by atoms with Gasteiger partial charge in [-0.25, -0.2) is 0 Å². The summed E-state index contributed by atoms with van der Waals surface area (Å²) >= 11 is 0. The van der Waals surface area contributed by atoms with Crippen LogP contribution in [0.15, 0.2) is 42.5 Å². The Hall–Kier alpha value is -3.15. The van der Waals surface area contributed by atoms with Crippen LogP contribution in [0.5, 0.6) is 23.0 Å². The zero-order valence-corrected chi connectivity index (χ0v) is 14.8. The predicted molar refractivity (Wildman–Crippen MR) is 99.3 cm³/mol. The second-order valence-electron chi connectivity index (χ2n) is 5.61. The van der Waals surface area contributed by atoms with Crippen molar-refractivity contribution < 1.29 is 23.7 Å². The number of hydrogen-bond donors (Lipinski definition) is 1. The van der Waals surface area contributed by atoms with E-state index >= 15 is 0 Å². The molecule has 0 saturated heterocycles. The SMILES string of the molecule is CC=Cc1ccc(OCC(=O)Nc2ccc3c(c2)OCCO3)c(OC)c1. The zero-order chi connectivity index (χ0) is 18.4. The molecule has 0 aliphatic carbocycles. The molecule has 1 N–H and O–H groups in total. The van der Waals surface area contributed by atoms with Crippen LogP contribution in [0.2, 0.25) is 0 Å². The summed E-state index contributed by atoms with van der Waals surface area (Å²) in [7, 11) is 1.57. The number of amides is 1. The highest BCUT2D eigenvalue weighted by atomic mass is 16.6. The lowest BCUT2D eigenvalue weighted by Gasteiger charge is -2.19. The molecular formula is C20H21NO5. The standard InChI is InChI=1S/C20H21NO5/c1-3-4-14-5-7-16(18(11-14)23-2)26-13-20(22)21-15-6-8-17-19(12-15)25-10-9-24-17/h3-8,11-12H,9-10,13H2,1-2H3,(H,21,22). The molecule has 6 heteroatoms. The van der Waals surface area contributed by atoms with Crippen molar-refractivity contribution in [2.45, 2.75) is 6.92 Å². The fourth-order valence-corrected chi connectivity index (χ4v) is 2.56. The lowest BCUT2D eigenvalue weighted by molar-refractivity contribution is -0.118. The number of hydrogen-bond acceptors (Lipinski definition) is 5. The Morgan fingerprint density at radius 1 is 1.12 bits per heavy atom. The molecule has 3 rings (SSSR count). The number of allylic oxidation sites excluding steroid dienone is 1. The van der Waals surface area contributed by atoms with E-state index in [1.807, 2.05) is 31.2 Å². The molecule has 0 unspecified atom stereocenters. The molecule has 0 radical (unpaired) electrons. The van der Waals surface area contributed by atoms with Crippen LogP contribution in [-0.4, -0.2) is 32.8 Å². The molecular weight excluding hydrogens is 334 g/mol. The first-order valence-corrected chi connectivity index (χ1v) is 8.32. The van der Waals surface area contributed by atoms with Gasteiger partial charge < -0.3 is 24.3 Å². The molecule has 2 aromatic rings. The van der Waals surface area contributed by atoms with Gasteiger partial charge in [0.2, 0.25) is 0 Å². The third-order valence-electron chi connectivity index (χ3n) is 3.73. The number of carbonyl (C=O) groups excluding carboxylic acids is 1. The molecule has 136 valence electrons. The lowest BCUT2D eigenvalue weighted by atomic mass is 10.2. The minimum atomic E-state index is -0.277. The van der Waals surface area contributed by atoms with Gasteiger partial charge in [-0.05, 0) is 36.8 Å². The molecule has 2 aromatic carbocycles. The van der Waals surface area contributed by atoms with Crippen LogP contribution in [0.25, 0.3) is 6.08 Å². The molecule has 0 fully saturated rings. The summed E-state index contributed by atoms with van der Waals surface area (Å²) in [4.78, 5) is 12.2. The van der Waals surface area contributed by atoms with Gasteiger partial charge in [0, 0.05) is 11.8 Å². The minimum Gasteiger partial charge on any atom is -0.493 e. The van der Waals surface area contributed by atoms with E-state index in [2.05, 4.69) is 5.32 Å². The van der Waals surface area contributed by atoms with Crippen LogP contribution in [0, 0.1) is 0 Å². The lowest BCUT2D eigenvalue weighted by Crippen LogP contribution is -2.21. The smallest absolute Gasteiger partial charge is 0.262 e. The Bertz CT molecular complexity index is 816. The van der Waals surface area contributed by atoms with Crippen LogP contribution < -0.4 is 24.3 Å². The number of carbonyl (C=O) groups is 1. The van der Waals surface area contributed by atoms with Crippen LogP contribution in [0.1, 0.15) is 12.5 Å². The Morgan fingerprint density at radius 3 is 2.69 bits per heavy atom. The van der Waals surface area contributed by atoms with Crippen LogP contribution in [0.4, 0.5) is 5.69 Å². The summed E-state index contributed by atoms with van der Waals surface area (Å²) in [6.45, 7) is 2.84. The van der Waals surface area contributed by atoms with Crippen LogP contribution in [-0.2, 0) is 4.79 Å². The Labute approximate surface area is 152 Å². The maximum atomic E-state index is 12.2. The number of anilines is 1. The summed E-state index contributed by atoms with van der Waals surface area (Å²) in [5, 5.41) is 2.78. The van der Waals surface area contributed by atoms with Gasteiger partial charge in [-0.2, -0.15) is 0 Å². The second-order valence-corrected chi connectivity index (χ2v) is 5.61. The Morgan fingerprint density at radius 2 is 1.92 bits per heavy atom. The van der Waals surface area contributed by atoms with Gasteiger partial charge in [0.25, 0.3) is 5.91 Å². The summed E-state index contributed by atoms with van der Waals surface area (Å²) in [5.74, 6) is 2.11. The van der Waals surface area contributed by atoms with Crippen molar-refractivity contribution in [1.82, 2.24) is 0 Å². The molecule has 1 aliphatic rings. The quantitative estimate of drug-likeness (QED) is 0.859. The molecule has 0 saturated carbocycles. The van der Waals surface area contributed by atoms with E-state index < -0.39 is 0 Å². The largest absolute Gasteiger partial charge is 0.493 e. The molecule has 0 aromatic heterocycles. The normalized spacial score (nSPS) is 12.7. The first kappa shape index (κ1) is 17.7. The zero-order valence-electron chi connectivity index (χ0n) is 14.8. The molecule has 1 heterocycles. The van der Waals surface area contributed by atoms with Crippen molar-refractivity contribution in [2.75, 3.05) is 32.2 Å². The number of fused-ring (bicyclic) bond motifs is 1. The average Bonchev–Trinajstić information content (AvgIpc) is 2.67. The highest BCUT2D eigenvalue weighted by Crippen LogP contribution is 2.32. The van der Waals surface area contributed by atoms with Gasteiger partial charge in [0.1, 0.15) is 13.2 Å². The van der Waals surface area contributed by atoms with E-state index in [1.165, 1.54) is 0 Å². The Balaban J connectivity index is 1.60. The van der Waals surface area contributed by atoms with Crippen LogP contribution in [0.3, 0.4) is 0 Å². The van der Waals surface area contributed by atoms with Crippen molar-refractivity contribution in [2.24, 2.45) is 0 Å². The highest BCUT2D eigenvalue weighted by molar-refractivity contribution is 5.92. The first-order valence-electron chi connectivity index (χ1n) is 8.32. The number of nitrogens with one attached hydrogen (secondary N) is 1. The molecule has 0 bridgehead atoms. The molecule has 1 aliphatic heterocycles. The molecule has 0 spiro atoms. The fourth-order valence-electron chi connectivity index (χ4n) is 2.56. The third kappa shape index (κ3) is 4.27. The second kappa shape index (κ2) is 8.29. The number of benzene rings is 2. The van der Waals surface area contributed by atoms with E-state index in [9.17, 15) is 4.79 Å². The van der Waals surface area contributed by atoms with Crippen molar-refractivity contribution in [3.05, 3.63) is 48.0 Å². The van der Waals surface area contributed by atoms with Gasteiger partial charge >= 0.3 is 0 Å². The third-order valence-corrected chi connectivity index (χ3v) is 3.73. The maximum absolute atomic E-state index is 12.2. The number of ether oxygens (including phenoxy) is 4. The van der Waals surface area contributed by atoms with Gasteiger partial charge in [-0.3, -0.25) is 4.79 Å². The molecule has 0 atom stereocenters. The van der Waals surface area contributed by atoms with E-state index in [1.54, 1.807) is 31.4 Å². The van der Waals surface area contributed by atoms with Crippen molar-refractivity contribution in [3.8, 4) is 23.0 Å². The molecule has 1 amide bonds. The monoisotopic (exact) mass is 355 g/mol. The van der Waals surface area contributed by atoms with Crippen molar-refractivity contribution >= 4 is 17.7 Å². The van der Waals surface area contributed by atoms with Gasteiger partial charge in [-0.1, -0.05) is 18.2 Å². The highest BCUT2D eigenvalue weighted by Gasteiger charge is 2.13. The van der Waals surface area contributed by atoms with E-state index in [-0.39, 0.29) is 12.5 Å². The van der Waals surface area contributed by atoms with Gasteiger partial charge in [0.15, 0.2) is 29.6 Å². The van der Waals surface area contributed by atoms with Gasteiger partial charge in [-0.15, -0.1) is 0 Å². The summed E-state index contributed by atoms with van der Waals surface area (Å²) in [6, 6.07) is 10.8. The van der Waals surface area contributed by atoms with Gasteiger partial charge in [0.05, 0.1) is 7.11 Å². The fraction of sp³-hybridized carbons (Fsp3) is 0.250. The minimum absolute atomic E-state index is 0.131. The van der Waals surface area contributed by atoms with Crippen molar-refractivity contribution in [3.63, 3.8) is 0 Å². The van der Waals surface area contributed by atoms with E-state index in [0.29, 0.717) is 41.9 Å². The maximum Gasteiger partial charge on any atom is 0.262 e. The summed E-state index contributed by atoms with van der Waals surface area (Å²) < 4.78 is 21.9. The Kier molecular flexibility index (Phi) is 5.63. The topological polar surface area (TPSA) is 66.0 Å². The first-order chi connectivity index (χ1) is 12.7.